The fourth-order valence-corrected chi connectivity index (χ4v) is 4.89. The standard InChI is InChI=1S/C25H28N4O2S/c1-24(2,3)15-10-13(11-16(21(15)30)25(4,5)6)18-14(12-26)22(27)31-23-19(18)20(28-29-23)17-8-7-9-32-17/h7-11,18,30H,27H2,1-6H3,(H,28,29)/t18-/m1/s1. The molecule has 0 bridgehead atoms. The number of benzene rings is 1. The Morgan fingerprint density at radius 2 is 1.78 bits per heavy atom. The fourth-order valence-electron chi connectivity index (χ4n) is 4.15. The molecule has 0 saturated heterocycles. The lowest BCUT2D eigenvalue weighted by molar-refractivity contribution is 0.378. The third-order valence-corrected chi connectivity index (χ3v) is 6.68. The summed E-state index contributed by atoms with van der Waals surface area (Å²) in [6.45, 7) is 12.4. The molecule has 32 heavy (non-hydrogen) atoms. The summed E-state index contributed by atoms with van der Waals surface area (Å²) in [5.41, 5.74) is 10.0. The zero-order valence-corrected chi connectivity index (χ0v) is 20.0. The molecule has 6 nitrogen and oxygen atoms in total. The second-order valence-electron chi connectivity index (χ2n) is 10.2. The number of fused-ring (bicyclic) bond motifs is 1. The van der Waals surface area contributed by atoms with Gasteiger partial charge in [-0.2, -0.15) is 5.26 Å². The van der Waals surface area contributed by atoms with Crippen molar-refractivity contribution in [3.63, 3.8) is 0 Å². The lowest BCUT2D eigenvalue weighted by Gasteiger charge is -2.31. The lowest BCUT2D eigenvalue weighted by atomic mass is 9.74. The Bertz CT molecular complexity index is 1210. The highest BCUT2D eigenvalue weighted by atomic mass is 32.1. The second-order valence-corrected chi connectivity index (χ2v) is 11.1. The summed E-state index contributed by atoms with van der Waals surface area (Å²) in [5.74, 6) is 0.249. The number of nitriles is 1. The number of phenolic OH excluding ortho intramolecular Hbond substituents is 1. The maximum atomic E-state index is 11.2. The normalized spacial score (nSPS) is 16.5. The number of nitrogens with zero attached hydrogens (tertiary/aromatic N) is 2. The lowest BCUT2D eigenvalue weighted by Crippen LogP contribution is -2.23. The van der Waals surface area contributed by atoms with Gasteiger partial charge in [0, 0.05) is 0 Å². The molecule has 3 heterocycles. The van der Waals surface area contributed by atoms with Gasteiger partial charge in [0.25, 0.3) is 0 Å². The minimum atomic E-state index is -0.470. The highest BCUT2D eigenvalue weighted by Crippen LogP contribution is 2.49. The predicted octanol–water partition coefficient (Wildman–Crippen LogP) is 5.66. The van der Waals surface area contributed by atoms with Gasteiger partial charge in [0.05, 0.1) is 22.1 Å². The first-order valence-corrected chi connectivity index (χ1v) is 11.4. The van der Waals surface area contributed by atoms with Gasteiger partial charge < -0.3 is 15.6 Å². The van der Waals surface area contributed by atoms with Gasteiger partial charge in [0.15, 0.2) is 0 Å². The number of ether oxygens (including phenoxy) is 1. The Hall–Kier alpha value is -3.24. The molecule has 3 aromatic rings. The van der Waals surface area contributed by atoms with Crippen LogP contribution in [0.15, 0.2) is 41.1 Å². The van der Waals surface area contributed by atoms with Crippen LogP contribution in [0, 0.1) is 11.3 Å². The molecular formula is C25H28N4O2S. The van der Waals surface area contributed by atoms with Gasteiger partial charge in [-0.3, -0.25) is 5.10 Å². The van der Waals surface area contributed by atoms with Gasteiger partial charge in [-0.25, -0.2) is 0 Å². The first kappa shape index (κ1) is 22.0. The van der Waals surface area contributed by atoms with Crippen molar-refractivity contribution < 1.29 is 9.84 Å². The molecule has 1 aromatic carbocycles. The first-order valence-electron chi connectivity index (χ1n) is 10.5. The molecular weight excluding hydrogens is 420 g/mol. The van der Waals surface area contributed by atoms with E-state index in [-0.39, 0.29) is 16.7 Å². The van der Waals surface area contributed by atoms with Crippen LogP contribution in [0.5, 0.6) is 11.6 Å². The number of aromatic amines is 1. The summed E-state index contributed by atoms with van der Waals surface area (Å²) in [4.78, 5) is 0.996. The third-order valence-electron chi connectivity index (χ3n) is 5.79. The van der Waals surface area contributed by atoms with Crippen molar-refractivity contribution in [3.8, 4) is 28.3 Å². The van der Waals surface area contributed by atoms with Crippen LogP contribution in [0.3, 0.4) is 0 Å². The van der Waals surface area contributed by atoms with E-state index in [1.165, 1.54) is 0 Å². The number of nitrogens with two attached hydrogens (primary N) is 1. The Kier molecular flexibility index (Phi) is 5.09. The van der Waals surface area contributed by atoms with Crippen LogP contribution < -0.4 is 10.5 Å². The van der Waals surface area contributed by atoms with E-state index in [1.807, 2.05) is 29.6 Å². The zero-order valence-electron chi connectivity index (χ0n) is 19.2. The predicted molar refractivity (Wildman–Crippen MR) is 127 cm³/mol. The van der Waals surface area contributed by atoms with Gasteiger partial charge in [0.1, 0.15) is 17.4 Å². The Morgan fingerprint density at radius 1 is 1.16 bits per heavy atom. The molecule has 0 aliphatic carbocycles. The molecule has 0 saturated carbocycles. The van der Waals surface area contributed by atoms with Gasteiger partial charge in [-0.05, 0) is 39.0 Å². The summed E-state index contributed by atoms with van der Waals surface area (Å²) in [6, 6.07) is 10.2. The Morgan fingerprint density at radius 3 is 2.28 bits per heavy atom. The van der Waals surface area contributed by atoms with E-state index in [1.54, 1.807) is 11.3 Å². The average molecular weight is 449 g/mol. The number of nitrogens with one attached hydrogen (secondary N) is 1. The number of hydrogen-bond donors (Lipinski definition) is 3. The van der Waals surface area contributed by atoms with E-state index in [0.717, 1.165) is 32.8 Å². The molecule has 7 heteroatoms. The minimum absolute atomic E-state index is 0.0527. The monoisotopic (exact) mass is 448 g/mol. The number of rotatable bonds is 2. The molecule has 1 atom stereocenters. The largest absolute Gasteiger partial charge is 0.507 e. The summed E-state index contributed by atoms with van der Waals surface area (Å²) in [5, 5.41) is 30.6. The van der Waals surface area contributed by atoms with Crippen molar-refractivity contribution in [2.75, 3.05) is 0 Å². The molecule has 2 aromatic heterocycles. The van der Waals surface area contributed by atoms with Crippen LogP contribution in [-0.4, -0.2) is 15.3 Å². The van der Waals surface area contributed by atoms with Crippen molar-refractivity contribution in [3.05, 3.63) is 63.4 Å². The number of thiophene rings is 1. The number of allylic oxidation sites excluding steroid dienone is 1. The van der Waals surface area contributed by atoms with Crippen LogP contribution in [-0.2, 0) is 10.8 Å². The van der Waals surface area contributed by atoms with E-state index in [9.17, 15) is 10.4 Å². The maximum absolute atomic E-state index is 11.2. The average Bonchev–Trinajstić information content (AvgIpc) is 3.34. The SMILES string of the molecule is CC(C)(C)c1cc([C@@H]2C(C#N)=C(N)Oc3n[nH]c(-c4cccs4)c32)cc(C(C)(C)C)c1O. The van der Waals surface area contributed by atoms with Crippen molar-refractivity contribution in [2.24, 2.45) is 5.73 Å². The van der Waals surface area contributed by atoms with E-state index in [0.29, 0.717) is 17.2 Å². The molecule has 0 spiro atoms. The number of aromatic hydroxyl groups is 1. The van der Waals surface area contributed by atoms with Crippen molar-refractivity contribution in [1.82, 2.24) is 10.2 Å². The molecule has 1 aliphatic rings. The summed E-state index contributed by atoms with van der Waals surface area (Å²) in [6.07, 6.45) is 0. The van der Waals surface area contributed by atoms with Crippen LogP contribution in [0.1, 0.15) is 69.7 Å². The molecule has 4 N–H and O–H groups in total. The fraction of sp³-hybridized carbons (Fsp3) is 0.360. The van der Waals surface area contributed by atoms with Crippen molar-refractivity contribution in [1.29, 1.82) is 5.26 Å². The first-order chi connectivity index (χ1) is 14.9. The van der Waals surface area contributed by atoms with Gasteiger partial charge in [-0.1, -0.05) is 59.7 Å². The smallest absolute Gasteiger partial charge is 0.244 e. The topological polar surface area (TPSA) is 108 Å². The van der Waals surface area contributed by atoms with E-state index < -0.39 is 5.92 Å². The molecule has 166 valence electrons. The summed E-state index contributed by atoms with van der Waals surface area (Å²) < 4.78 is 5.73. The zero-order chi connectivity index (χ0) is 23.4. The number of hydrogen-bond acceptors (Lipinski definition) is 6. The highest BCUT2D eigenvalue weighted by molar-refractivity contribution is 7.13. The van der Waals surface area contributed by atoms with Crippen LogP contribution >= 0.6 is 11.3 Å². The van der Waals surface area contributed by atoms with Gasteiger partial charge >= 0.3 is 0 Å². The van der Waals surface area contributed by atoms with Crippen LogP contribution in [0.25, 0.3) is 10.6 Å². The molecule has 0 radical (unpaired) electrons. The quantitative estimate of drug-likeness (QED) is 0.469. The molecule has 0 fully saturated rings. The van der Waals surface area contributed by atoms with Crippen molar-refractivity contribution in [2.45, 2.75) is 58.3 Å². The molecule has 0 unspecified atom stereocenters. The molecule has 0 amide bonds. The summed E-state index contributed by atoms with van der Waals surface area (Å²) >= 11 is 1.58. The van der Waals surface area contributed by atoms with E-state index in [4.69, 9.17) is 10.5 Å². The van der Waals surface area contributed by atoms with Crippen molar-refractivity contribution >= 4 is 11.3 Å². The van der Waals surface area contributed by atoms with Crippen LogP contribution in [0.2, 0.25) is 0 Å². The van der Waals surface area contributed by atoms with Crippen LogP contribution in [0.4, 0.5) is 0 Å². The van der Waals surface area contributed by atoms with Gasteiger partial charge in [-0.15, -0.1) is 16.4 Å². The molecule has 1 aliphatic heterocycles. The summed E-state index contributed by atoms with van der Waals surface area (Å²) in [7, 11) is 0. The van der Waals surface area contributed by atoms with E-state index in [2.05, 4.69) is 57.8 Å². The highest BCUT2D eigenvalue weighted by Gasteiger charge is 2.38. The van der Waals surface area contributed by atoms with Gasteiger partial charge in [0.2, 0.25) is 11.8 Å². The van der Waals surface area contributed by atoms with E-state index >= 15 is 0 Å². The third kappa shape index (κ3) is 3.55. The maximum Gasteiger partial charge on any atom is 0.244 e. The Labute approximate surface area is 192 Å². The number of phenols is 1. The molecule has 4 rings (SSSR count). The number of aromatic nitrogens is 2. The second kappa shape index (κ2) is 7.42. The number of H-pyrrole nitrogens is 1. The Balaban J connectivity index is 2.05. The minimum Gasteiger partial charge on any atom is -0.507 e.